The third kappa shape index (κ3) is 3.76. The van der Waals surface area contributed by atoms with Gasteiger partial charge in [0.2, 0.25) is 0 Å². The standard InChI is InChI=1S/C27H37F2N7O2/c1-17-11-31-36-18(13-37-2)14-38-27(25(17)36)15-34(16-27)23-10-21-19(24(32-23)26(28)29)4-3-5-20-22(12-35(20)21)33-8-6-30-7-9-33/h10-11,18,20,22,26,30H,3-9,12-16H2,1-2H3. The van der Waals surface area contributed by atoms with E-state index in [1.165, 1.54) is 0 Å². The third-order valence-corrected chi connectivity index (χ3v) is 9.29. The minimum atomic E-state index is -2.59. The van der Waals surface area contributed by atoms with Crippen LogP contribution in [-0.2, 0) is 21.5 Å². The molecule has 7 rings (SSSR count). The second-order valence-corrected chi connectivity index (χ2v) is 11.5. The second-order valence-electron chi connectivity index (χ2n) is 11.5. The van der Waals surface area contributed by atoms with Crippen LogP contribution in [0.2, 0.25) is 0 Å². The maximum Gasteiger partial charge on any atom is 0.280 e. The lowest BCUT2D eigenvalue weighted by atomic mass is 9.86. The van der Waals surface area contributed by atoms with Crippen molar-refractivity contribution in [2.24, 2.45) is 0 Å². The van der Waals surface area contributed by atoms with E-state index >= 15 is 0 Å². The molecule has 1 N–H and O–H groups in total. The van der Waals surface area contributed by atoms with E-state index in [0.29, 0.717) is 50.6 Å². The maximum absolute atomic E-state index is 14.4. The Morgan fingerprint density at radius 1 is 1.24 bits per heavy atom. The number of ether oxygens (including phenoxy) is 2. The van der Waals surface area contributed by atoms with Crippen LogP contribution in [0.5, 0.6) is 0 Å². The van der Waals surface area contributed by atoms with Crippen molar-refractivity contribution in [2.75, 3.05) is 75.9 Å². The van der Waals surface area contributed by atoms with Gasteiger partial charge in [0.1, 0.15) is 17.1 Å². The second kappa shape index (κ2) is 9.39. The number of piperazine rings is 1. The molecule has 0 saturated carbocycles. The Hall–Kier alpha value is -2.34. The summed E-state index contributed by atoms with van der Waals surface area (Å²) in [5.74, 6) is 0.627. The van der Waals surface area contributed by atoms with Crippen LogP contribution in [0.4, 0.5) is 20.3 Å². The quantitative estimate of drug-likeness (QED) is 0.633. The number of pyridine rings is 1. The monoisotopic (exact) mass is 529 g/mol. The van der Waals surface area contributed by atoms with Crippen LogP contribution >= 0.6 is 0 Å². The average Bonchev–Trinajstić information content (AvgIpc) is 3.22. The number of nitrogens with zero attached hydrogens (tertiary/aromatic N) is 6. The lowest BCUT2D eigenvalue weighted by Gasteiger charge is -2.55. The molecule has 7 heterocycles. The summed E-state index contributed by atoms with van der Waals surface area (Å²) in [7, 11) is 1.69. The summed E-state index contributed by atoms with van der Waals surface area (Å²) in [6, 6.07) is 2.99. The first-order chi connectivity index (χ1) is 18.5. The maximum atomic E-state index is 14.4. The molecule has 3 unspecified atom stereocenters. The third-order valence-electron chi connectivity index (χ3n) is 9.29. The number of fused-ring (bicyclic) bond motifs is 5. The first-order valence-corrected chi connectivity index (χ1v) is 13.9. The Kier molecular flexibility index (Phi) is 6.10. The Morgan fingerprint density at radius 2 is 2.05 bits per heavy atom. The summed E-state index contributed by atoms with van der Waals surface area (Å²) in [5.41, 5.74) is 3.30. The van der Waals surface area contributed by atoms with Gasteiger partial charge in [0.05, 0.1) is 44.2 Å². The predicted octanol–water partition coefficient (Wildman–Crippen LogP) is 2.26. The zero-order chi connectivity index (χ0) is 26.0. The molecular weight excluding hydrogens is 492 g/mol. The highest BCUT2D eigenvalue weighted by atomic mass is 19.3. The number of halogens is 2. The number of anilines is 2. The van der Waals surface area contributed by atoms with Crippen LogP contribution in [0.15, 0.2) is 12.3 Å². The summed E-state index contributed by atoms with van der Waals surface area (Å²) in [6.45, 7) is 9.29. The molecular formula is C27H37F2N7O2. The highest BCUT2D eigenvalue weighted by Gasteiger charge is 2.53. The van der Waals surface area contributed by atoms with Gasteiger partial charge in [-0.05, 0) is 31.7 Å². The van der Waals surface area contributed by atoms with E-state index in [1.54, 1.807) is 7.11 Å². The number of hydrogen-bond acceptors (Lipinski definition) is 8. The van der Waals surface area contributed by atoms with Gasteiger partial charge in [0, 0.05) is 69.2 Å². The van der Waals surface area contributed by atoms with E-state index in [2.05, 4.69) is 43.1 Å². The molecule has 5 aliphatic heterocycles. The molecule has 0 bridgehead atoms. The van der Waals surface area contributed by atoms with E-state index in [0.717, 1.165) is 68.1 Å². The fraction of sp³-hybridized carbons (Fsp3) is 0.704. The molecule has 38 heavy (non-hydrogen) atoms. The summed E-state index contributed by atoms with van der Waals surface area (Å²) < 4.78 is 42.6. The number of alkyl halides is 2. The van der Waals surface area contributed by atoms with Gasteiger partial charge in [0.15, 0.2) is 0 Å². The van der Waals surface area contributed by atoms with Crippen molar-refractivity contribution in [3.8, 4) is 0 Å². The number of aromatic nitrogens is 3. The molecule has 1 spiro atoms. The Morgan fingerprint density at radius 3 is 2.82 bits per heavy atom. The topological polar surface area (TPSA) is 70.9 Å². The molecule has 3 saturated heterocycles. The van der Waals surface area contributed by atoms with E-state index in [-0.39, 0.29) is 11.7 Å². The molecule has 5 aliphatic rings. The van der Waals surface area contributed by atoms with Crippen LogP contribution in [0.25, 0.3) is 0 Å². The SMILES string of the molecule is COCC1COC2(CN(c3cc4c(c(C(F)F)n3)CCCC3C(N5CCNCC5)CN43)C2)c2c(C)cnn21. The molecule has 0 amide bonds. The van der Waals surface area contributed by atoms with Gasteiger partial charge in [-0.2, -0.15) is 5.10 Å². The van der Waals surface area contributed by atoms with Gasteiger partial charge in [-0.25, -0.2) is 13.8 Å². The zero-order valence-electron chi connectivity index (χ0n) is 22.2. The van der Waals surface area contributed by atoms with Gasteiger partial charge >= 0.3 is 0 Å². The van der Waals surface area contributed by atoms with Crippen molar-refractivity contribution in [1.82, 2.24) is 25.0 Å². The van der Waals surface area contributed by atoms with E-state index in [1.807, 2.05) is 10.9 Å². The number of rotatable bonds is 5. The highest BCUT2D eigenvalue weighted by Crippen LogP contribution is 2.47. The van der Waals surface area contributed by atoms with Crippen molar-refractivity contribution in [2.45, 2.75) is 56.3 Å². The van der Waals surface area contributed by atoms with Crippen molar-refractivity contribution < 1.29 is 18.3 Å². The lowest BCUT2D eigenvalue weighted by molar-refractivity contribution is -0.119. The summed E-state index contributed by atoms with van der Waals surface area (Å²) in [6.07, 6.45) is 1.91. The largest absolute Gasteiger partial charge is 0.382 e. The number of aryl methyl sites for hydroxylation is 1. The zero-order valence-corrected chi connectivity index (χ0v) is 22.2. The molecule has 2 aromatic rings. The number of hydrogen-bond donors (Lipinski definition) is 1. The van der Waals surface area contributed by atoms with E-state index in [9.17, 15) is 8.78 Å². The van der Waals surface area contributed by atoms with Crippen molar-refractivity contribution >= 4 is 11.5 Å². The molecule has 0 radical (unpaired) electrons. The Labute approximate surface area is 222 Å². The molecule has 206 valence electrons. The average molecular weight is 530 g/mol. The smallest absolute Gasteiger partial charge is 0.280 e. The highest BCUT2D eigenvalue weighted by molar-refractivity contribution is 5.66. The predicted molar refractivity (Wildman–Crippen MR) is 139 cm³/mol. The minimum Gasteiger partial charge on any atom is -0.382 e. The van der Waals surface area contributed by atoms with Crippen molar-refractivity contribution in [1.29, 1.82) is 0 Å². The lowest BCUT2D eigenvalue weighted by Crippen LogP contribution is -2.69. The van der Waals surface area contributed by atoms with Crippen LogP contribution in [0.1, 0.15) is 47.8 Å². The molecule has 9 nitrogen and oxygen atoms in total. The van der Waals surface area contributed by atoms with E-state index < -0.39 is 12.0 Å². The van der Waals surface area contributed by atoms with Gasteiger partial charge in [-0.15, -0.1) is 0 Å². The summed E-state index contributed by atoms with van der Waals surface area (Å²) >= 11 is 0. The molecule has 0 aromatic carbocycles. The van der Waals surface area contributed by atoms with Gasteiger partial charge in [-0.1, -0.05) is 0 Å². The van der Waals surface area contributed by atoms with Crippen LogP contribution in [0, 0.1) is 6.92 Å². The summed E-state index contributed by atoms with van der Waals surface area (Å²) in [5, 5.41) is 8.05. The number of nitrogens with one attached hydrogen (secondary N) is 1. The first kappa shape index (κ1) is 24.7. The fourth-order valence-corrected chi connectivity index (χ4v) is 7.41. The molecule has 11 heteroatoms. The molecule has 3 fully saturated rings. The normalized spacial score (nSPS) is 28.4. The first-order valence-electron chi connectivity index (χ1n) is 13.9. The minimum absolute atomic E-state index is 0.0337. The van der Waals surface area contributed by atoms with Gasteiger partial charge in [0.25, 0.3) is 6.43 Å². The van der Waals surface area contributed by atoms with E-state index in [4.69, 9.17) is 9.47 Å². The summed E-state index contributed by atoms with van der Waals surface area (Å²) in [4.78, 5) is 11.6. The Balaban J connectivity index is 1.17. The van der Waals surface area contributed by atoms with Gasteiger partial charge < -0.3 is 24.6 Å². The van der Waals surface area contributed by atoms with Crippen LogP contribution in [-0.4, -0.2) is 97.9 Å². The number of methoxy groups -OCH3 is 1. The van der Waals surface area contributed by atoms with Crippen molar-refractivity contribution in [3.05, 3.63) is 34.8 Å². The van der Waals surface area contributed by atoms with Gasteiger partial charge in [-0.3, -0.25) is 9.58 Å². The Bertz CT molecular complexity index is 1190. The van der Waals surface area contributed by atoms with Crippen molar-refractivity contribution in [3.63, 3.8) is 0 Å². The molecule has 2 aromatic heterocycles. The van der Waals surface area contributed by atoms with Crippen LogP contribution < -0.4 is 15.1 Å². The molecule has 0 aliphatic carbocycles. The fourth-order valence-electron chi connectivity index (χ4n) is 7.41. The molecule has 3 atom stereocenters. The van der Waals surface area contributed by atoms with Crippen LogP contribution in [0.3, 0.4) is 0 Å².